The molecular formula is C10H9BrN2O2S. The molecule has 6 heteroatoms. The average molecular weight is 301 g/mol. The maximum Gasteiger partial charge on any atom is 0.352 e. The second-order valence-electron chi connectivity index (χ2n) is 3.36. The number of nitrogens with zero attached hydrogens (tertiary/aromatic N) is 2. The van der Waals surface area contributed by atoms with Gasteiger partial charge in [0.1, 0.15) is 10.7 Å². The number of rotatable bonds is 3. The molecule has 0 aliphatic heterocycles. The van der Waals surface area contributed by atoms with Crippen LogP contribution in [-0.4, -0.2) is 20.6 Å². The van der Waals surface area contributed by atoms with E-state index in [0.29, 0.717) is 6.54 Å². The molecule has 0 unspecified atom stereocenters. The lowest BCUT2D eigenvalue weighted by Gasteiger charge is -2.02. The Bertz CT molecular complexity index is 533. The maximum absolute atomic E-state index is 11.0. The largest absolute Gasteiger partial charge is 0.477 e. The van der Waals surface area contributed by atoms with Crippen LogP contribution in [0, 0.1) is 6.92 Å². The van der Waals surface area contributed by atoms with E-state index in [0.717, 1.165) is 15.2 Å². The van der Waals surface area contributed by atoms with E-state index < -0.39 is 5.97 Å². The molecule has 0 aliphatic carbocycles. The molecule has 2 aromatic heterocycles. The van der Waals surface area contributed by atoms with Gasteiger partial charge in [-0.15, -0.1) is 11.3 Å². The highest BCUT2D eigenvalue weighted by atomic mass is 79.9. The summed E-state index contributed by atoms with van der Waals surface area (Å²) >= 11 is 4.80. The highest BCUT2D eigenvalue weighted by molar-refractivity contribution is 9.10. The van der Waals surface area contributed by atoms with Gasteiger partial charge in [0, 0.05) is 21.7 Å². The first-order valence-electron chi connectivity index (χ1n) is 4.56. The number of aromatic nitrogens is 2. The van der Waals surface area contributed by atoms with Gasteiger partial charge >= 0.3 is 5.97 Å². The summed E-state index contributed by atoms with van der Waals surface area (Å²) in [5.41, 5.74) is 1.22. The van der Waals surface area contributed by atoms with E-state index in [1.807, 2.05) is 12.3 Å². The van der Waals surface area contributed by atoms with Crippen LogP contribution in [0.4, 0.5) is 0 Å². The molecule has 0 saturated carbocycles. The van der Waals surface area contributed by atoms with Crippen molar-refractivity contribution in [3.05, 3.63) is 38.5 Å². The molecule has 4 nitrogen and oxygen atoms in total. The summed E-state index contributed by atoms with van der Waals surface area (Å²) in [6, 6.07) is 1.59. The van der Waals surface area contributed by atoms with Crippen molar-refractivity contribution in [1.29, 1.82) is 0 Å². The quantitative estimate of drug-likeness (QED) is 0.948. The fourth-order valence-electron chi connectivity index (χ4n) is 1.41. The molecule has 0 radical (unpaired) electrons. The van der Waals surface area contributed by atoms with Gasteiger partial charge in [-0.05, 0) is 28.9 Å². The van der Waals surface area contributed by atoms with E-state index >= 15 is 0 Å². The molecule has 0 saturated heterocycles. The summed E-state index contributed by atoms with van der Waals surface area (Å²) in [6.45, 7) is 2.41. The summed E-state index contributed by atoms with van der Waals surface area (Å²) in [4.78, 5) is 15.3. The van der Waals surface area contributed by atoms with Crippen LogP contribution >= 0.6 is 27.3 Å². The second-order valence-corrected chi connectivity index (χ2v) is 5.22. The molecule has 2 rings (SSSR count). The van der Waals surface area contributed by atoms with E-state index in [4.69, 9.17) is 5.11 Å². The highest BCUT2D eigenvalue weighted by Gasteiger charge is 2.12. The van der Waals surface area contributed by atoms with Crippen LogP contribution < -0.4 is 0 Å². The Morgan fingerprint density at radius 3 is 3.00 bits per heavy atom. The molecule has 0 atom stereocenters. The Morgan fingerprint density at radius 1 is 1.69 bits per heavy atom. The minimum absolute atomic E-state index is 0.264. The van der Waals surface area contributed by atoms with Crippen molar-refractivity contribution in [3.8, 4) is 0 Å². The topological polar surface area (TPSA) is 55.1 Å². The minimum Gasteiger partial charge on any atom is -0.477 e. The number of hydrogen-bond donors (Lipinski definition) is 1. The van der Waals surface area contributed by atoms with Crippen molar-refractivity contribution in [1.82, 2.24) is 9.55 Å². The van der Waals surface area contributed by atoms with Gasteiger partial charge in [0.25, 0.3) is 0 Å². The summed E-state index contributed by atoms with van der Waals surface area (Å²) in [7, 11) is 0. The van der Waals surface area contributed by atoms with Gasteiger partial charge in [-0.2, -0.15) is 0 Å². The SMILES string of the molecule is Cc1csc(Cn2cc(Br)cc2C(=O)O)n1. The Labute approximate surface area is 105 Å². The van der Waals surface area contributed by atoms with Crippen molar-refractivity contribution in [3.63, 3.8) is 0 Å². The molecule has 84 valence electrons. The number of thiazole rings is 1. The van der Waals surface area contributed by atoms with Crippen molar-refractivity contribution >= 4 is 33.2 Å². The van der Waals surface area contributed by atoms with Crippen molar-refractivity contribution < 1.29 is 9.90 Å². The number of aromatic carboxylic acids is 1. The van der Waals surface area contributed by atoms with Gasteiger partial charge in [-0.3, -0.25) is 0 Å². The average Bonchev–Trinajstić information content (AvgIpc) is 2.74. The van der Waals surface area contributed by atoms with Crippen LogP contribution in [0.1, 0.15) is 21.2 Å². The first-order chi connectivity index (χ1) is 7.56. The highest BCUT2D eigenvalue weighted by Crippen LogP contribution is 2.18. The van der Waals surface area contributed by atoms with Gasteiger partial charge in [-0.25, -0.2) is 9.78 Å². The second kappa shape index (κ2) is 4.39. The van der Waals surface area contributed by atoms with Crippen molar-refractivity contribution in [2.45, 2.75) is 13.5 Å². The Morgan fingerprint density at radius 2 is 2.44 bits per heavy atom. The smallest absolute Gasteiger partial charge is 0.352 e. The van der Waals surface area contributed by atoms with Gasteiger partial charge in [0.2, 0.25) is 0 Å². The Kier molecular flexibility index (Phi) is 3.11. The lowest BCUT2D eigenvalue weighted by Crippen LogP contribution is -2.08. The third kappa shape index (κ3) is 2.33. The lowest BCUT2D eigenvalue weighted by molar-refractivity contribution is 0.0685. The first kappa shape index (κ1) is 11.3. The van der Waals surface area contributed by atoms with Crippen LogP contribution in [0.3, 0.4) is 0 Å². The molecule has 16 heavy (non-hydrogen) atoms. The fraction of sp³-hybridized carbons (Fsp3) is 0.200. The maximum atomic E-state index is 11.0. The molecule has 0 amide bonds. The van der Waals surface area contributed by atoms with Crippen LogP contribution in [0.5, 0.6) is 0 Å². The summed E-state index contributed by atoms with van der Waals surface area (Å²) < 4.78 is 2.43. The molecule has 1 N–H and O–H groups in total. The zero-order chi connectivity index (χ0) is 11.7. The van der Waals surface area contributed by atoms with Gasteiger partial charge < -0.3 is 9.67 Å². The number of aryl methyl sites for hydroxylation is 1. The predicted octanol–water partition coefficient (Wildman–Crippen LogP) is 2.76. The molecule has 0 aliphatic rings. The first-order valence-corrected chi connectivity index (χ1v) is 6.23. The van der Waals surface area contributed by atoms with Gasteiger partial charge in [-0.1, -0.05) is 0 Å². The Balaban J connectivity index is 2.30. The monoisotopic (exact) mass is 300 g/mol. The number of carboxylic acids is 1. The molecular weight excluding hydrogens is 292 g/mol. The molecule has 2 heterocycles. The number of carbonyl (C=O) groups is 1. The molecule has 0 aromatic carbocycles. The number of halogens is 1. The van der Waals surface area contributed by atoms with E-state index in [-0.39, 0.29) is 5.69 Å². The van der Waals surface area contributed by atoms with E-state index in [2.05, 4.69) is 20.9 Å². The van der Waals surface area contributed by atoms with Crippen LogP contribution in [-0.2, 0) is 6.54 Å². The zero-order valence-corrected chi connectivity index (χ0v) is 10.9. The molecule has 0 bridgehead atoms. The van der Waals surface area contributed by atoms with E-state index in [1.165, 1.54) is 11.3 Å². The Hall–Kier alpha value is -1.14. The van der Waals surface area contributed by atoms with Gasteiger partial charge in [0.05, 0.1) is 6.54 Å². The van der Waals surface area contributed by atoms with E-state index in [1.54, 1.807) is 16.8 Å². The normalized spacial score (nSPS) is 10.6. The summed E-state index contributed by atoms with van der Waals surface area (Å²) in [5, 5.41) is 11.9. The minimum atomic E-state index is -0.932. The molecule has 0 fully saturated rings. The van der Waals surface area contributed by atoms with Crippen LogP contribution in [0.2, 0.25) is 0 Å². The molecule has 0 spiro atoms. The van der Waals surface area contributed by atoms with Crippen LogP contribution in [0.15, 0.2) is 22.1 Å². The van der Waals surface area contributed by atoms with Crippen LogP contribution in [0.25, 0.3) is 0 Å². The predicted molar refractivity (Wildman–Crippen MR) is 65.0 cm³/mol. The van der Waals surface area contributed by atoms with Gasteiger partial charge in [0.15, 0.2) is 0 Å². The third-order valence-corrected chi connectivity index (χ3v) is 3.44. The lowest BCUT2D eigenvalue weighted by atomic mass is 10.4. The van der Waals surface area contributed by atoms with Crippen molar-refractivity contribution in [2.75, 3.05) is 0 Å². The number of carboxylic acid groups (broad SMARTS) is 1. The summed E-state index contributed by atoms with van der Waals surface area (Å²) in [6.07, 6.45) is 1.75. The van der Waals surface area contributed by atoms with E-state index in [9.17, 15) is 4.79 Å². The molecule has 2 aromatic rings. The third-order valence-electron chi connectivity index (χ3n) is 2.05. The fourth-order valence-corrected chi connectivity index (χ4v) is 2.64. The summed E-state index contributed by atoms with van der Waals surface area (Å²) in [5.74, 6) is -0.932. The number of hydrogen-bond acceptors (Lipinski definition) is 3. The zero-order valence-electron chi connectivity index (χ0n) is 8.48. The van der Waals surface area contributed by atoms with Crippen molar-refractivity contribution in [2.24, 2.45) is 0 Å². The standard InChI is InChI=1S/C10H9BrN2O2S/c1-6-5-16-9(12-6)4-13-3-7(11)2-8(13)10(14)15/h2-3,5H,4H2,1H3,(H,14,15).